The van der Waals surface area contributed by atoms with Crippen molar-refractivity contribution in [3.05, 3.63) is 24.8 Å². The summed E-state index contributed by atoms with van der Waals surface area (Å²) in [6.45, 7) is 9.60. The third kappa shape index (κ3) is 2.79. The molecule has 1 saturated carbocycles. The lowest BCUT2D eigenvalue weighted by Gasteiger charge is -2.51. The Hall–Kier alpha value is -1.70. The summed E-state index contributed by atoms with van der Waals surface area (Å²) in [6.07, 6.45) is -1.61. The summed E-state index contributed by atoms with van der Waals surface area (Å²) in [5.74, 6) is -5.50. The summed E-state index contributed by atoms with van der Waals surface area (Å²) in [6, 6.07) is 0. The van der Waals surface area contributed by atoms with Crippen molar-refractivity contribution >= 4 is 11.9 Å². The first-order chi connectivity index (χ1) is 9.90. The number of aliphatic carboxylic acids is 2. The number of carboxylic acids is 2. The monoisotopic (exact) mass is 314 g/mol. The third-order valence-corrected chi connectivity index (χ3v) is 4.68. The molecule has 22 heavy (non-hydrogen) atoms. The van der Waals surface area contributed by atoms with E-state index in [1.54, 1.807) is 6.92 Å². The second-order valence-corrected chi connectivity index (χ2v) is 6.26. The van der Waals surface area contributed by atoms with Gasteiger partial charge < -0.3 is 25.5 Å². The fourth-order valence-corrected chi connectivity index (χ4v) is 3.33. The second-order valence-electron chi connectivity index (χ2n) is 6.26. The molecule has 6 atom stereocenters. The van der Waals surface area contributed by atoms with Crippen LogP contribution in [0.4, 0.5) is 0 Å². The molecule has 1 aliphatic rings. The molecular weight excluding hydrogens is 292 g/mol. The Labute approximate surface area is 128 Å². The van der Waals surface area contributed by atoms with Crippen LogP contribution in [0.1, 0.15) is 20.3 Å². The summed E-state index contributed by atoms with van der Waals surface area (Å²) < 4.78 is 0. The summed E-state index contributed by atoms with van der Waals surface area (Å²) >= 11 is 0. The van der Waals surface area contributed by atoms with Crippen molar-refractivity contribution in [2.24, 2.45) is 17.3 Å². The topological polar surface area (TPSA) is 135 Å². The molecule has 0 spiro atoms. The third-order valence-electron chi connectivity index (χ3n) is 4.68. The first kappa shape index (κ1) is 18.3. The number of rotatable bonds is 5. The Morgan fingerprint density at radius 2 is 1.82 bits per heavy atom. The van der Waals surface area contributed by atoms with Crippen molar-refractivity contribution in [2.75, 3.05) is 0 Å². The van der Waals surface area contributed by atoms with Gasteiger partial charge in [0.15, 0.2) is 5.60 Å². The van der Waals surface area contributed by atoms with E-state index in [4.69, 9.17) is 10.2 Å². The van der Waals surface area contributed by atoms with Crippen LogP contribution in [0.2, 0.25) is 0 Å². The molecule has 7 nitrogen and oxygen atoms in total. The van der Waals surface area contributed by atoms with Gasteiger partial charge in [-0.1, -0.05) is 19.6 Å². The maximum atomic E-state index is 11.2. The molecular formula is C15H22O7. The first-order valence-electron chi connectivity index (χ1n) is 6.77. The van der Waals surface area contributed by atoms with Crippen LogP contribution in [0, 0.1) is 17.3 Å². The van der Waals surface area contributed by atoms with Crippen molar-refractivity contribution < 1.29 is 35.1 Å². The molecule has 0 aromatic carbocycles. The van der Waals surface area contributed by atoms with Crippen LogP contribution in [0.3, 0.4) is 0 Å². The van der Waals surface area contributed by atoms with Gasteiger partial charge in [0.05, 0.1) is 18.1 Å². The van der Waals surface area contributed by atoms with Gasteiger partial charge in [-0.25, -0.2) is 9.59 Å². The number of carboxylic acid groups (broad SMARTS) is 2. The van der Waals surface area contributed by atoms with E-state index in [2.05, 4.69) is 13.2 Å². The van der Waals surface area contributed by atoms with E-state index in [1.165, 1.54) is 6.08 Å². The number of aliphatic hydroxyl groups is 3. The lowest BCUT2D eigenvalue weighted by atomic mass is 9.56. The fourth-order valence-electron chi connectivity index (χ4n) is 3.33. The lowest BCUT2D eigenvalue weighted by Crippen LogP contribution is -2.61. The molecule has 1 rings (SSSR count). The molecule has 0 radical (unpaired) electrons. The molecule has 0 saturated heterocycles. The quantitative estimate of drug-likeness (QED) is 0.356. The highest BCUT2D eigenvalue weighted by atomic mass is 16.4. The fraction of sp³-hybridized carbons (Fsp3) is 0.600. The van der Waals surface area contributed by atoms with Crippen LogP contribution in [0.5, 0.6) is 0 Å². The zero-order valence-corrected chi connectivity index (χ0v) is 12.6. The Kier molecular flexibility index (Phi) is 4.86. The number of aliphatic hydroxyl groups excluding tert-OH is 2. The normalized spacial score (nSPS) is 37.9. The van der Waals surface area contributed by atoms with Gasteiger partial charge in [-0.05, 0) is 18.8 Å². The van der Waals surface area contributed by atoms with E-state index < -0.39 is 47.0 Å². The van der Waals surface area contributed by atoms with Crippen molar-refractivity contribution in [2.45, 2.75) is 38.1 Å². The van der Waals surface area contributed by atoms with Crippen LogP contribution in [0.25, 0.3) is 0 Å². The van der Waals surface area contributed by atoms with Gasteiger partial charge >= 0.3 is 11.9 Å². The minimum absolute atomic E-state index is 0.0569. The lowest BCUT2D eigenvalue weighted by molar-refractivity contribution is -0.194. The van der Waals surface area contributed by atoms with Crippen molar-refractivity contribution in [1.29, 1.82) is 0 Å². The van der Waals surface area contributed by atoms with E-state index in [-0.39, 0.29) is 12.0 Å². The minimum atomic E-state index is -2.42. The van der Waals surface area contributed by atoms with Crippen LogP contribution in [-0.4, -0.2) is 55.3 Å². The van der Waals surface area contributed by atoms with Crippen LogP contribution in [-0.2, 0) is 9.59 Å². The minimum Gasteiger partial charge on any atom is -0.479 e. The molecule has 7 heteroatoms. The number of hydrogen-bond donors (Lipinski definition) is 5. The van der Waals surface area contributed by atoms with Crippen LogP contribution < -0.4 is 0 Å². The number of hydrogen-bond acceptors (Lipinski definition) is 5. The van der Waals surface area contributed by atoms with Crippen molar-refractivity contribution in [1.82, 2.24) is 0 Å². The zero-order chi connectivity index (χ0) is 17.5. The SMILES string of the molecule is C=C[C@]1(C)C[C@H](O)C(C(C)(O)C(=O)O)[C@H](O)C1C(=C)C(=O)O. The molecule has 124 valence electrons. The molecule has 0 bridgehead atoms. The molecule has 0 aliphatic heterocycles. The van der Waals surface area contributed by atoms with Gasteiger partial charge in [-0.15, -0.1) is 6.58 Å². The van der Waals surface area contributed by atoms with Gasteiger partial charge in [0.25, 0.3) is 0 Å². The van der Waals surface area contributed by atoms with E-state index in [1.807, 2.05) is 0 Å². The average Bonchev–Trinajstić information content (AvgIpc) is 2.37. The maximum absolute atomic E-state index is 11.2. The van der Waals surface area contributed by atoms with Gasteiger partial charge in [0.1, 0.15) is 0 Å². The molecule has 0 heterocycles. The van der Waals surface area contributed by atoms with Gasteiger partial charge in [-0.3, -0.25) is 0 Å². The van der Waals surface area contributed by atoms with Crippen molar-refractivity contribution in [3.8, 4) is 0 Å². The second kappa shape index (κ2) is 5.83. The Balaban J connectivity index is 3.39. The van der Waals surface area contributed by atoms with Crippen molar-refractivity contribution in [3.63, 3.8) is 0 Å². The van der Waals surface area contributed by atoms with E-state index in [0.717, 1.165) is 6.92 Å². The van der Waals surface area contributed by atoms with E-state index in [9.17, 15) is 24.9 Å². The highest BCUT2D eigenvalue weighted by Crippen LogP contribution is 2.50. The number of allylic oxidation sites excluding steroid dienone is 1. The van der Waals surface area contributed by atoms with E-state index in [0.29, 0.717) is 0 Å². The zero-order valence-electron chi connectivity index (χ0n) is 12.6. The molecule has 0 aromatic rings. The molecule has 0 amide bonds. The first-order valence-corrected chi connectivity index (χ1v) is 6.77. The van der Waals surface area contributed by atoms with Gasteiger partial charge in [0.2, 0.25) is 0 Å². The molecule has 1 fully saturated rings. The molecule has 0 aromatic heterocycles. The van der Waals surface area contributed by atoms with E-state index >= 15 is 0 Å². The predicted octanol–water partition coefficient (Wildman–Crippen LogP) is 0.0130. The summed E-state index contributed by atoms with van der Waals surface area (Å²) in [7, 11) is 0. The highest BCUT2D eigenvalue weighted by Gasteiger charge is 2.58. The van der Waals surface area contributed by atoms with Gasteiger partial charge in [-0.2, -0.15) is 0 Å². The standard InChI is InChI=1S/C15H22O7/c1-5-14(3)6-8(16)10(15(4,22)13(20)21)11(17)9(14)7(2)12(18)19/h5,8-11,16-17,22H,1-2,6H2,3-4H3,(H,18,19)(H,20,21)/t8-,9?,10?,11+,14+,15?/m0/s1. The largest absolute Gasteiger partial charge is 0.479 e. The average molecular weight is 314 g/mol. The number of carbonyl (C=O) groups is 2. The molecule has 3 unspecified atom stereocenters. The van der Waals surface area contributed by atoms with Crippen LogP contribution >= 0.6 is 0 Å². The maximum Gasteiger partial charge on any atom is 0.335 e. The predicted molar refractivity (Wildman–Crippen MR) is 77.0 cm³/mol. The smallest absolute Gasteiger partial charge is 0.335 e. The summed E-state index contributed by atoms with van der Waals surface area (Å²) in [5, 5.41) is 49.1. The molecule has 1 aliphatic carbocycles. The Bertz CT molecular complexity index is 510. The van der Waals surface area contributed by atoms with Crippen LogP contribution in [0.15, 0.2) is 24.8 Å². The Morgan fingerprint density at radius 3 is 2.18 bits per heavy atom. The summed E-state index contributed by atoms with van der Waals surface area (Å²) in [4.78, 5) is 22.5. The highest BCUT2D eigenvalue weighted by molar-refractivity contribution is 5.87. The van der Waals surface area contributed by atoms with Gasteiger partial charge in [0, 0.05) is 11.5 Å². The summed E-state index contributed by atoms with van der Waals surface area (Å²) in [5.41, 5.74) is -3.74. The Morgan fingerprint density at radius 1 is 1.32 bits per heavy atom. The molecule has 5 N–H and O–H groups in total.